The van der Waals surface area contributed by atoms with E-state index in [0.29, 0.717) is 32.7 Å². The van der Waals surface area contributed by atoms with E-state index in [2.05, 4.69) is 5.32 Å². The van der Waals surface area contributed by atoms with Crippen LogP contribution in [0.1, 0.15) is 47.0 Å². The van der Waals surface area contributed by atoms with E-state index in [1.807, 2.05) is 6.92 Å². The zero-order valence-corrected chi connectivity index (χ0v) is 16.6. The van der Waals surface area contributed by atoms with Gasteiger partial charge >= 0.3 is 5.97 Å². The fourth-order valence-electron chi connectivity index (χ4n) is 3.79. The van der Waals surface area contributed by atoms with Gasteiger partial charge < -0.3 is 19.9 Å². The number of hydrogen-bond donors (Lipinski definition) is 2. The van der Waals surface area contributed by atoms with Crippen LogP contribution < -0.4 is 5.32 Å². The summed E-state index contributed by atoms with van der Waals surface area (Å²) >= 11 is 0. The average Bonchev–Trinajstić information content (AvgIpc) is 2.60. The van der Waals surface area contributed by atoms with Crippen molar-refractivity contribution in [2.75, 3.05) is 19.8 Å². The number of rotatable bonds is 7. The second kappa shape index (κ2) is 7.44. The van der Waals surface area contributed by atoms with Crippen LogP contribution in [0.5, 0.6) is 0 Å². The summed E-state index contributed by atoms with van der Waals surface area (Å²) in [6, 6.07) is 0. The highest BCUT2D eigenvalue weighted by Gasteiger charge is 2.66. The molecule has 8 nitrogen and oxygen atoms in total. The van der Waals surface area contributed by atoms with Crippen LogP contribution in [0, 0.1) is 5.41 Å². The first-order chi connectivity index (χ1) is 12.0. The lowest BCUT2D eigenvalue weighted by atomic mass is 9.54. The first-order valence-corrected chi connectivity index (χ1v) is 10.6. The van der Waals surface area contributed by atoms with Crippen molar-refractivity contribution in [2.24, 2.45) is 5.41 Å². The quantitative estimate of drug-likeness (QED) is 0.657. The molecule has 1 amide bonds. The molecule has 3 unspecified atom stereocenters. The van der Waals surface area contributed by atoms with E-state index in [0.717, 1.165) is 0 Å². The van der Waals surface area contributed by atoms with E-state index >= 15 is 0 Å². The van der Waals surface area contributed by atoms with Gasteiger partial charge in [-0.05, 0) is 26.7 Å². The van der Waals surface area contributed by atoms with Crippen LogP contribution in [0.15, 0.2) is 0 Å². The second-order valence-electron chi connectivity index (χ2n) is 7.61. The van der Waals surface area contributed by atoms with E-state index in [9.17, 15) is 23.1 Å². The molecule has 3 atom stereocenters. The standard InChI is InChI=1S/C17H29NO7S/c1-5-25-13-10-17(15(20)21,16(13,3)4)18-14(19)11(2)26(22,23)12-6-8-24-9-7-12/h11-13H,5-10H2,1-4H3,(H,18,19)(H,20,21). The molecule has 0 spiro atoms. The number of sulfone groups is 1. The summed E-state index contributed by atoms with van der Waals surface area (Å²) < 4.78 is 36.2. The molecule has 2 rings (SSSR count). The number of hydrogen-bond acceptors (Lipinski definition) is 6. The number of amides is 1. The van der Waals surface area contributed by atoms with Crippen molar-refractivity contribution >= 4 is 21.7 Å². The molecule has 1 heterocycles. The fourth-order valence-corrected chi connectivity index (χ4v) is 5.58. The van der Waals surface area contributed by atoms with E-state index in [1.165, 1.54) is 6.92 Å². The average molecular weight is 391 g/mol. The largest absolute Gasteiger partial charge is 0.479 e. The van der Waals surface area contributed by atoms with Crippen LogP contribution in [0.25, 0.3) is 0 Å². The van der Waals surface area contributed by atoms with E-state index in [1.54, 1.807) is 13.8 Å². The van der Waals surface area contributed by atoms with Gasteiger partial charge in [0.25, 0.3) is 0 Å². The second-order valence-corrected chi connectivity index (χ2v) is 10.2. The SMILES string of the molecule is CCOC1CC(NC(=O)C(C)S(=O)(=O)C2CCOCC2)(C(=O)O)C1(C)C. The van der Waals surface area contributed by atoms with Gasteiger partial charge in [-0.2, -0.15) is 0 Å². The molecule has 0 aromatic carbocycles. The van der Waals surface area contributed by atoms with Crippen molar-refractivity contribution in [1.82, 2.24) is 5.32 Å². The molecule has 0 bridgehead atoms. The summed E-state index contributed by atoms with van der Waals surface area (Å²) in [5, 5.41) is 10.3. The summed E-state index contributed by atoms with van der Waals surface area (Å²) in [4.78, 5) is 24.6. The number of ether oxygens (including phenoxy) is 2. The maximum absolute atomic E-state index is 12.7. The first-order valence-electron chi connectivity index (χ1n) is 8.98. The van der Waals surface area contributed by atoms with Crippen LogP contribution in [0.2, 0.25) is 0 Å². The summed E-state index contributed by atoms with van der Waals surface area (Å²) in [5.41, 5.74) is -2.39. The molecule has 1 saturated heterocycles. The Bertz CT molecular complexity index is 654. The highest BCUT2D eigenvalue weighted by Crippen LogP contribution is 2.51. The van der Waals surface area contributed by atoms with Crippen molar-refractivity contribution in [2.45, 2.75) is 69.1 Å². The van der Waals surface area contributed by atoms with Gasteiger partial charge in [-0.15, -0.1) is 0 Å². The number of nitrogens with one attached hydrogen (secondary N) is 1. The van der Waals surface area contributed by atoms with Crippen molar-refractivity contribution in [1.29, 1.82) is 0 Å². The molecule has 1 saturated carbocycles. The number of carboxylic acids is 1. The van der Waals surface area contributed by atoms with Crippen LogP contribution >= 0.6 is 0 Å². The Morgan fingerprint density at radius 2 is 1.88 bits per heavy atom. The molecule has 1 aliphatic carbocycles. The Morgan fingerprint density at radius 1 is 1.31 bits per heavy atom. The van der Waals surface area contributed by atoms with E-state index < -0.39 is 43.2 Å². The Kier molecular flexibility index (Phi) is 6.04. The Hall–Kier alpha value is -1.19. The lowest BCUT2D eigenvalue weighted by Crippen LogP contribution is -2.76. The normalized spacial score (nSPS) is 30.2. The topological polar surface area (TPSA) is 119 Å². The number of carboxylic acid groups (broad SMARTS) is 1. The van der Waals surface area contributed by atoms with Gasteiger partial charge in [-0.1, -0.05) is 13.8 Å². The number of aliphatic carboxylic acids is 1. The van der Waals surface area contributed by atoms with Crippen molar-refractivity contribution < 1.29 is 32.6 Å². The highest BCUT2D eigenvalue weighted by atomic mass is 32.2. The molecule has 2 N–H and O–H groups in total. The van der Waals surface area contributed by atoms with Gasteiger partial charge in [0.05, 0.1) is 11.4 Å². The molecule has 150 valence electrons. The predicted molar refractivity (Wildman–Crippen MR) is 94.5 cm³/mol. The van der Waals surface area contributed by atoms with Gasteiger partial charge in [0.1, 0.15) is 10.8 Å². The molecular formula is C17H29NO7S. The number of carbonyl (C=O) groups excluding carboxylic acids is 1. The van der Waals surface area contributed by atoms with Gasteiger partial charge in [-0.25, -0.2) is 13.2 Å². The van der Waals surface area contributed by atoms with Gasteiger partial charge in [-0.3, -0.25) is 4.79 Å². The maximum atomic E-state index is 12.7. The van der Waals surface area contributed by atoms with Crippen molar-refractivity contribution in [3.05, 3.63) is 0 Å². The molecule has 2 fully saturated rings. The summed E-state index contributed by atoms with van der Waals surface area (Å²) in [7, 11) is -3.72. The third kappa shape index (κ3) is 3.36. The minimum Gasteiger partial charge on any atom is -0.479 e. The molecule has 26 heavy (non-hydrogen) atoms. The smallest absolute Gasteiger partial charge is 0.330 e. The minimum absolute atomic E-state index is 0.110. The van der Waals surface area contributed by atoms with Gasteiger partial charge in [0.2, 0.25) is 5.91 Å². The van der Waals surface area contributed by atoms with Crippen molar-refractivity contribution in [3.8, 4) is 0 Å². The summed E-state index contributed by atoms with van der Waals surface area (Å²) in [6.07, 6.45) is 0.495. The Balaban J connectivity index is 2.17. The molecule has 0 radical (unpaired) electrons. The maximum Gasteiger partial charge on any atom is 0.330 e. The van der Waals surface area contributed by atoms with Crippen LogP contribution in [0.3, 0.4) is 0 Å². The van der Waals surface area contributed by atoms with Crippen LogP contribution in [-0.4, -0.2) is 67.4 Å². The van der Waals surface area contributed by atoms with E-state index in [-0.39, 0.29) is 12.5 Å². The third-order valence-electron chi connectivity index (χ3n) is 5.96. The molecular weight excluding hydrogens is 362 g/mol. The number of carbonyl (C=O) groups is 2. The predicted octanol–water partition coefficient (Wildman–Crippen LogP) is 0.743. The molecule has 0 aromatic heterocycles. The van der Waals surface area contributed by atoms with Gasteiger partial charge in [0.15, 0.2) is 9.84 Å². The highest BCUT2D eigenvalue weighted by molar-refractivity contribution is 7.93. The summed E-state index contributed by atoms with van der Waals surface area (Å²) in [6.45, 7) is 7.69. The molecule has 9 heteroatoms. The third-order valence-corrected chi connectivity index (χ3v) is 8.56. The molecule has 1 aliphatic heterocycles. The Morgan fingerprint density at radius 3 is 2.35 bits per heavy atom. The van der Waals surface area contributed by atoms with Gasteiger partial charge in [0, 0.05) is 31.7 Å². The molecule has 0 aromatic rings. The zero-order chi connectivity index (χ0) is 19.8. The molecule has 2 aliphatic rings. The van der Waals surface area contributed by atoms with E-state index in [4.69, 9.17) is 9.47 Å². The van der Waals surface area contributed by atoms with Crippen LogP contribution in [0.4, 0.5) is 0 Å². The summed E-state index contributed by atoms with van der Waals surface area (Å²) in [5.74, 6) is -1.95. The van der Waals surface area contributed by atoms with Crippen molar-refractivity contribution in [3.63, 3.8) is 0 Å². The minimum atomic E-state index is -3.72. The monoisotopic (exact) mass is 391 g/mol. The zero-order valence-electron chi connectivity index (χ0n) is 15.8. The Labute approximate surface area is 154 Å². The van der Waals surface area contributed by atoms with Crippen LogP contribution in [-0.2, 0) is 28.9 Å². The first kappa shape index (κ1) is 21.1. The lowest BCUT2D eigenvalue weighted by molar-refractivity contribution is -0.194. The lowest BCUT2D eigenvalue weighted by Gasteiger charge is -2.58. The fraction of sp³-hybridized carbons (Fsp3) is 0.882.